The number of hydrogen-bond acceptors (Lipinski definition) is 8. The molecule has 1 amide bonds. The van der Waals surface area contributed by atoms with Gasteiger partial charge in [0.2, 0.25) is 0 Å². The Morgan fingerprint density at radius 1 is 1.24 bits per heavy atom. The zero-order chi connectivity index (χ0) is 23.5. The number of anilines is 1. The molecule has 3 aromatic rings. The van der Waals surface area contributed by atoms with E-state index in [4.69, 9.17) is 13.9 Å². The molecule has 174 valence electrons. The molecule has 1 unspecified atom stereocenters. The van der Waals surface area contributed by atoms with Gasteiger partial charge < -0.3 is 24.3 Å². The lowest BCUT2D eigenvalue weighted by molar-refractivity contribution is -0.152. The van der Waals surface area contributed by atoms with Crippen molar-refractivity contribution < 1.29 is 33.4 Å². The molecule has 0 fully saturated rings. The molecule has 2 aromatic heterocycles. The van der Waals surface area contributed by atoms with Gasteiger partial charge in [-0.05, 0) is 57.2 Å². The second-order valence-corrected chi connectivity index (χ2v) is 8.98. The molecule has 1 aliphatic carbocycles. The second-order valence-electron chi connectivity index (χ2n) is 7.88. The lowest BCUT2D eigenvalue weighted by atomic mass is 9.95. The Morgan fingerprint density at radius 2 is 2.03 bits per heavy atom. The van der Waals surface area contributed by atoms with Gasteiger partial charge in [0.05, 0.1) is 24.9 Å². The Hall–Kier alpha value is -3.33. The molecule has 2 N–H and O–H groups in total. The van der Waals surface area contributed by atoms with E-state index in [-0.39, 0.29) is 18.8 Å². The first-order valence-corrected chi connectivity index (χ1v) is 11.7. The number of rotatable bonds is 7. The number of benzene rings is 1. The Balaban J connectivity index is 1.43. The number of phenols is 1. The fourth-order valence-corrected chi connectivity index (χ4v) is 5.22. The molecule has 0 radical (unpaired) electrons. The van der Waals surface area contributed by atoms with Gasteiger partial charge in [-0.2, -0.15) is 0 Å². The van der Waals surface area contributed by atoms with Crippen LogP contribution >= 0.6 is 11.3 Å². The predicted octanol–water partition coefficient (Wildman–Crippen LogP) is 4.37. The topological polar surface area (TPSA) is 115 Å². The molecule has 2 heterocycles. The minimum Gasteiger partial charge on any atom is -0.508 e. The molecule has 0 aliphatic heterocycles. The molecule has 8 nitrogen and oxygen atoms in total. The number of phenolic OH excluding ortho intramolecular Hbond substituents is 1. The summed E-state index contributed by atoms with van der Waals surface area (Å²) < 4.78 is 15.9. The SMILES string of the molecule is CCOC(=O)c1c(NC(=O)C(C)OC(=O)Cc2coc3cc(O)ccc23)sc2c1CCCC2. The Labute approximate surface area is 194 Å². The van der Waals surface area contributed by atoms with Crippen LogP contribution < -0.4 is 5.32 Å². The number of fused-ring (bicyclic) bond motifs is 2. The number of aryl methyl sites for hydroxylation is 1. The third-order valence-corrected chi connectivity index (χ3v) is 6.75. The van der Waals surface area contributed by atoms with Gasteiger partial charge in [0.25, 0.3) is 5.91 Å². The van der Waals surface area contributed by atoms with E-state index in [9.17, 15) is 19.5 Å². The van der Waals surface area contributed by atoms with Crippen molar-refractivity contribution in [2.45, 2.75) is 52.1 Å². The number of furan rings is 1. The number of nitrogens with one attached hydrogen (secondary N) is 1. The average molecular weight is 472 g/mol. The normalized spacial score (nSPS) is 13.9. The summed E-state index contributed by atoms with van der Waals surface area (Å²) in [5.41, 5.74) is 2.41. The molecule has 1 atom stereocenters. The molecular weight excluding hydrogens is 446 g/mol. The highest BCUT2D eigenvalue weighted by atomic mass is 32.1. The summed E-state index contributed by atoms with van der Waals surface area (Å²) in [5, 5.41) is 13.4. The van der Waals surface area contributed by atoms with E-state index in [1.54, 1.807) is 13.0 Å². The van der Waals surface area contributed by atoms with Gasteiger partial charge in [-0.3, -0.25) is 9.59 Å². The van der Waals surface area contributed by atoms with Gasteiger partial charge in [0.15, 0.2) is 6.10 Å². The van der Waals surface area contributed by atoms with Gasteiger partial charge in [-0.1, -0.05) is 0 Å². The quantitative estimate of drug-likeness (QED) is 0.492. The van der Waals surface area contributed by atoms with Gasteiger partial charge in [0.1, 0.15) is 16.3 Å². The van der Waals surface area contributed by atoms with E-state index in [1.165, 1.54) is 36.7 Å². The highest BCUT2D eigenvalue weighted by molar-refractivity contribution is 7.17. The Bertz CT molecular complexity index is 1210. The smallest absolute Gasteiger partial charge is 0.341 e. The van der Waals surface area contributed by atoms with Crippen LogP contribution in [0.5, 0.6) is 5.75 Å². The van der Waals surface area contributed by atoms with Crippen LogP contribution in [-0.4, -0.2) is 35.7 Å². The summed E-state index contributed by atoms with van der Waals surface area (Å²) in [7, 11) is 0. The molecule has 0 bridgehead atoms. The minimum atomic E-state index is -1.06. The summed E-state index contributed by atoms with van der Waals surface area (Å²) in [6.45, 7) is 3.46. The van der Waals surface area contributed by atoms with E-state index in [2.05, 4.69) is 5.32 Å². The summed E-state index contributed by atoms with van der Waals surface area (Å²) in [4.78, 5) is 38.9. The maximum Gasteiger partial charge on any atom is 0.341 e. The predicted molar refractivity (Wildman–Crippen MR) is 123 cm³/mol. The number of carbonyl (C=O) groups excluding carboxylic acids is 3. The highest BCUT2D eigenvalue weighted by Gasteiger charge is 2.29. The number of ether oxygens (including phenoxy) is 2. The Kier molecular flexibility index (Phi) is 6.69. The van der Waals surface area contributed by atoms with Gasteiger partial charge in [-0.15, -0.1) is 11.3 Å². The van der Waals surface area contributed by atoms with Crippen molar-refractivity contribution in [3.8, 4) is 5.75 Å². The molecule has 1 aromatic carbocycles. The van der Waals surface area contributed by atoms with E-state index in [0.29, 0.717) is 27.1 Å². The van der Waals surface area contributed by atoms with Crippen molar-refractivity contribution in [1.29, 1.82) is 0 Å². The molecule has 0 saturated carbocycles. The first-order valence-electron chi connectivity index (χ1n) is 10.9. The van der Waals surface area contributed by atoms with Crippen LogP contribution in [0.3, 0.4) is 0 Å². The standard InChI is InChI=1S/C24H25NO7S/c1-3-30-24(29)21-17-6-4-5-7-19(17)33-23(21)25-22(28)13(2)32-20(27)10-14-12-31-18-11-15(26)8-9-16(14)18/h8-9,11-13,26H,3-7,10H2,1-2H3,(H,25,28). The highest BCUT2D eigenvalue weighted by Crippen LogP contribution is 2.38. The van der Waals surface area contributed by atoms with Crippen molar-refractivity contribution in [1.82, 2.24) is 0 Å². The molecule has 1 aliphatic rings. The fourth-order valence-electron chi connectivity index (χ4n) is 3.94. The number of aromatic hydroxyl groups is 1. The van der Waals surface area contributed by atoms with Crippen LogP contribution in [0, 0.1) is 0 Å². The molecule has 0 saturated heterocycles. The number of hydrogen-bond donors (Lipinski definition) is 2. The van der Waals surface area contributed by atoms with Gasteiger partial charge in [-0.25, -0.2) is 4.79 Å². The molecule has 9 heteroatoms. The monoisotopic (exact) mass is 471 g/mol. The number of amides is 1. The average Bonchev–Trinajstić information content (AvgIpc) is 3.34. The lowest BCUT2D eigenvalue weighted by Gasteiger charge is -2.14. The second kappa shape index (κ2) is 9.66. The molecule has 33 heavy (non-hydrogen) atoms. The summed E-state index contributed by atoms with van der Waals surface area (Å²) in [6, 6.07) is 4.62. The van der Waals surface area contributed by atoms with Crippen molar-refractivity contribution in [3.63, 3.8) is 0 Å². The van der Waals surface area contributed by atoms with Crippen molar-refractivity contribution in [3.05, 3.63) is 46.0 Å². The zero-order valence-electron chi connectivity index (χ0n) is 18.4. The van der Waals surface area contributed by atoms with Crippen LogP contribution in [0.2, 0.25) is 0 Å². The van der Waals surface area contributed by atoms with Crippen molar-refractivity contribution in [2.75, 3.05) is 11.9 Å². The van der Waals surface area contributed by atoms with Crippen LogP contribution in [0.15, 0.2) is 28.9 Å². The van der Waals surface area contributed by atoms with Gasteiger partial charge in [0, 0.05) is 21.9 Å². The first-order chi connectivity index (χ1) is 15.9. The number of carbonyl (C=O) groups is 3. The first kappa shape index (κ1) is 22.8. The molecule has 0 spiro atoms. The van der Waals surface area contributed by atoms with E-state index in [1.807, 2.05) is 0 Å². The summed E-state index contributed by atoms with van der Waals surface area (Å²) in [5.74, 6) is -1.50. The summed E-state index contributed by atoms with van der Waals surface area (Å²) in [6.07, 6.45) is 3.95. The largest absolute Gasteiger partial charge is 0.508 e. The molecule has 4 rings (SSSR count). The fraction of sp³-hybridized carbons (Fsp3) is 0.375. The van der Waals surface area contributed by atoms with Crippen molar-refractivity contribution in [2.24, 2.45) is 0 Å². The molecular formula is C24H25NO7S. The van der Waals surface area contributed by atoms with E-state index < -0.39 is 23.9 Å². The number of esters is 2. The maximum atomic E-state index is 12.8. The number of thiophene rings is 1. The minimum absolute atomic E-state index is 0.0636. The van der Waals surface area contributed by atoms with Crippen LogP contribution in [-0.2, 0) is 38.3 Å². The van der Waals surface area contributed by atoms with E-state index in [0.717, 1.165) is 36.1 Å². The lowest BCUT2D eigenvalue weighted by Crippen LogP contribution is -2.30. The van der Waals surface area contributed by atoms with Gasteiger partial charge >= 0.3 is 11.9 Å². The Morgan fingerprint density at radius 3 is 2.82 bits per heavy atom. The van der Waals surface area contributed by atoms with Crippen LogP contribution in [0.4, 0.5) is 5.00 Å². The van der Waals surface area contributed by atoms with Crippen molar-refractivity contribution >= 4 is 45.2 Å². The third kappa shape index (κ3) is 4.88. The summed E-state index contributed by atoms with van der Waals surface area (Å²) >= 11 is 1.38. The zero-order valence-corrected chi connectivity index (χ0v) is 19.3. The van der Waals surface area contributed by atoms with E-state index >= 15 is 0 Å². The van der Waals surface area contributed by atoms with Crippen LogP contribution in [0.1, 0.15) is 53.1 Å². The third-order valence-electron chi connectivity index (χ3n) is 5.54. The maximum absolute atomic E-state index is 12.8. The van der Waals surface area contributed by atoms with Crippen LogP contribution in [0.25, 0.3) is 11.0 Å².